The quantitative estimate of drug-likeness (QED) is 0.689. The Morgan fingerprint density at radius 1 is 1.08 bits per heavy atom. The first-order valence-electron chi connectivity index (χ1n) is 8.55. The summed E-state index contributed by atoms with van der Waals surface area (Å²) in [5.41, 5.74) is 1.15. The molecule has 0 atom stereocenters. The van der Waals surface area contributed by atoms with Crippen molar-refractivity contribution in [3.05, 3.63) is 64.9 Å². The second-order valence-corrected chi connectivity index (χ2v) is 7.75. The van der Waals surface area contributed by atoms with Gasteiger partial charge in [0.15, 0.2) is 5.13 Å². The number of hydrogen-bond acceptors (Lipinski definition) is 4. The number of aromatic nitrogens is 2. The van der Waals surface area contributed by atoms with Gasteiger partial charge in [0.05, 0.1) is 6.42 Å². The van der Waals surface area contributed by atoms with E-state index in [9.17, 15) is 4.79 Å². The van der Waals surface area contributed by atoms with E-state index in [0.717, 1.165) is 46.9 Å². The summed E-state index contributed by atoms with van der Waals surface area (Å²) < 4.78 is 1.96. The summed E-state index contributed by atoms with van der Waals surface area (Å²) in [7, 11) is 0. The van der Waals surface area contributed by atoms with Crippen molar-refractivity contribution in [3.63, 3.8) is 0 Å². The maximum Gasteiger partial charge on any atom is 0.228 e. The number of halogens is 1. The van der Waals surface area contributed by atoms with Crippen molar-refractivity contribution < 1.29 is 4.79 Å². The van der Waals surface area contributed by atoms with Crippen LogP contribution in [0.3, 0.4) is 0 Å². The molecule has 1 aliphatic heterocycles. The lowest BCUT2D eigenvalue weighted by Gasteiger charge is -2.36. The zero-order valence-corrected chi connectivity index (χ0v) is 15.8. The van der Waals surface area contributed by atoms with Gasteiger partial charge in [-0.2, -0.15) is 0 Å². The highest BCUT2D eigenvalue weighted by Gasteiger charge is 2.22. The smallest absolute Gasteiger partial charge is 0.228 e. The molecule has 2 aromatic heterocycles. The number of carbonyl (C=O) groups excluding carboxylic acids is 1. The SMILES string of the molecule is O=C(Cc1cnc(-n2cccc2)s1)N1CCN(c2ccc(Cl)cc2)CC1. The number of rotatable bonds is 4. The van der Waals surface area contributed by atoms with Crippen LogP contribution in [-0.4, -0.2) is 46.5 Å². The molecule has 1 amide bonds. The Bertz CT molecular complexity index is 867. The summed E-state index contributed by atoms with van der Waals surface area (Å²) in [6, 6.07) is 11.8. The van der Waals surface area contributed by atoms with Crippen LogP contribution < -0.4 is 4.90 Å². The topological polar surface area (TPSA) is 41.4 Å². The number of hydrogen-bond donors (Lipinski definition) is 0. The molecule has 3 heterocycles. The first-order chi connectivity index (χ1) is 12.7. The highest BCUT2D eigenvalue weighted by molar-refractivity contribution is 7.14. The summed E-state index contributed by atoms with van der Waals surface area (Å²) in [6.45, 7) is 3.16. The Morgan fingerprint density at radius 2 is 1.77 bits per heavy atom. The number of benzene rings is 1. The van der Waals surface area contributed by atoms with Crippen molar-refractivity contribution in [1.82, 2.24) is 14.5 Å². The standard InChI is InChI=1S/C19H19ClN4OS/c20-15-3-5-16(6-4-15)22-9-11-23(12-10-22)18(25)13-17-14-21-19(26-17)24-7-1-2-8-24/h1-8,14H,9-13H2. The molecule has 0 aliphatic carbocycles. The van der Waals surface area contributed by atoms with Crippen molar-refractivity contribution in [2.24, 2.45) is 0 Å². The fraction of sp³-hybridized carbons (Fsp3) is 0.263. The third-order valence-corrected chi connectivity index (χ3v) is 5.78. The van der Waals surface area contributed by atoms with Gasteiger partial charge in [0.25, 0.3) is 0 Å². The van der Waals surface area contributed by atoms with E-state index in [4.69, 9.17) is 11.6 Å². The molecule has 1 saturated heterocycles. The zero-order chi connectivity index (χ0) is 17.9. The first kappa shape index (κ1) is 17.1. The molecule has 26 heavy (non-hydrogen) atoms. The highest BCUT2D eigenvalue weighted by Crippen LogP contribution is 2.21. The molecule has 0 radical (unpaired) electrons. The molecule has 0 bridgehead atoms. The third kappa shape index (κ3) is 3.76. The minimum Gasteiger partial charge on any atom is -0.368 e. The monoisotopic (exact) mass is 386 g/mol. The Kier molecular flexibility index (Phi) is 4.95. The van der Waals surface area contributed by atoms with Crippen LogP contribution in [0.5, 0.6) is 0 Å². The number of amides is 1. The van der Waals surface area contributed by atoms with Crippen LogP contribution in [0.15, 0.2) is 55.0 Å². The van der Waals surface area contributed by atoms with E-state index in [2.05, 4.69) is 9.88 Å². The van der Waals surface area contributed by atoms with Crippen molar-refractivity contribution in [3.8, 4) is 5.13 Å². The van der Waals surface area contributed by atoms with Crippen LogP contribution in [0.4, 0.5) is 5.69 Å². The lowest BCUT2D eigenvalue weighted by Crippen LogP contribution is -2.49. The molecule has 1 fully saturated rings. The summed E-state index contributed by atoms with van der Waals surface area (Å²) >= 11 is 7.51. The average molecular weight is 387 g/mol. The first-order valence-corrected chi connectivity index (χ1v) is 9.75. The third-order valence-electron chi connectivity index (χ3n) is 4.52. The van der Waals surface area contributed by atoms with Crippen LogP contribution in [0, 0.1) is 0 Å². The molecular formula is C19H19ClN4OS. The number of nitrogens with zero attached hydrogens (tertiary/aromatic N) is 4. The lowest BCUT2D eigenvalue weighted by atomic mass is 10.2. The van der Waals surface area contributed by atoms with Crippen LogP contribution in [-0.2, 0) is 11.2 Å². The highest BCUT2D eigenvalue weighted by atomic mass is 35.5. The molecule has 134 valence electrons. The van der Waals surface area contributed by atoms with Gasteiger partial charge in [0.2, 0.25) is 5.91 Å². The maximum absolute atomic E-state index is 12.6. The zero-order valence-electron chi connectivity index (χ0n) is 14.2. The van der Waals surface area contributed by atoms with Gasteiger partial charge >= 0.3 is 0 Å². The maximum atomic E-state index is 12.6. The summed E-state index contributed by atoms with van der Waals surface area (Å²) in [5, 5.41) is 1.64. The van der Waals surface area contributed by atoms with Gasteiger partial charge in [-0.3, -0.25) is 4.79 Å². The number of thiazole rings is 1. The van der Waals surface area contributed by atoms with Gasteiger partial charge in [-0.05, 0) is 36.4 Å². The Hall–Kier alpha value is -2.31. The van der Waals surface area contributed by atoms with Crippen molar-refractivity contribution in [2.45, 2.75) is 6.42 Å². The summed E-state index contributed by atoms with van der Waals surface area (Å²) in [5.74, 6) is 0.170. The van der Waals surface area contributed by atoms with Crippen molar-refractivity contribution in [1.29, 1.82) is 0 Å². The summed E-state index contributed by atoms with van der Waals surface area (Å²) in [4.78, 5) is 22.3. The largest absolute Gasteiger partial charge is 0.368 e. The van der Waals surface area contributed by atoms with E-state index < -0.39 is 0 Å². The Labute approximate surface area is 161 Å². The Morgan fingerprint density at radius 3 is 2.46 bits per heavy atom. The molecule has 3 aromatic rings. The average Bonchev–Trinajstić information content (AvgIpc) is 3.34. The minimum absolute atomic E-state index is 0.170. The van der Waals surface area contributed by atoms with E-state index >= 15 is 0 Å². The Balaban J connectivity index is 1.33. The van der Waals surface area contributed by atoms with Gasteiger partial charge in [0, 0.05) is 60.4 Å². The minimum atomic E-state index is 0.170. The van der Waals surface area contributed by atoms with Crippen molar-refractivity contribution >= 4 is 34.5 Å². The molecule has 0 spiro atoms. The van der Waals surface area contributed by atoms with E-state index in [0.29, 0.717) is 6.42 Å². The molecule has 4 rings (SSSR count). The molecular weight excluding hydrogens is 368 g/mol. The van der Waals surface area contributed by atoms with Crippen LogP contribution >= 0.6 is 22.9 Å². The predicted molar refractivity (Wildman–Crippen MR) is 105 cm³/mol. The van der Waals surface area contributed by atoms with Gasteiger partial charge in [0.1, 0.15) is 0 Å². The molecule has 0 saturated carbocycles. The second-order valence-electron chi connectivity index (χ2n) is 6.22. The van der Waals surface area contributed by atoms with E-state index in [1.807, 2.05) is 64.5 Å². The molecule has 5 nitrogen and oxygen atoms in total. The van der Waals surface area contributed by atoms with E-state index in [1.54, 1.807) is 11.3 Å². The van der Waals surface area contributed by atoms with Crippen LogP contribution in [0.1, 0.15) is 4.88 Å². The van der Waals surface area contributed by atoms with Gasteiger partial charge in [-0.15, -0.1) is 11.3 Å². The summed E-state index contributed by atoms with van der Waals surface area (Å²) in [6.07, 6.45) is 6.14. The number of anilines is 1. The van der Waals surface area contributed by atoms with Crippen molar-refractivity contribution in [2.75, 3.05) is 31.1 Å². The van der Waals surface area contributed by atoms with Gasteiger partial charge in [-0.1, -0.05) is 11.6 Å². The van der Waals surface area contributed by atoms with E-state index in [1.165, 1.54) is 0 Å². The lowest BCUT2D eigenvalue weighted by molar-refractivity contribution is -0.130. The number of piperazine rings is 1. The molecule has 1 aromatic carbocycles. The normalized spacial score (nSPS) is 14.7. The van der Waals surface area contributed by atoms with Gasteiger partial charge < -0.3 is 14.4 Å². The predicted octanol–water partition coefficient (Wildman–Crippen LogP) is 3.48. The molecule has 0 N–H and O–H groups in total. The fourth-order valence-corrected chi connectivity index (χ4v) is 4.08. The molecule has 7 heteroatoms. The number of carbonyl (C=O) groups is 1. The van der Waals surface area contributed by atoms with Gasteiger partial charge in [-0.25, -0.2) is 4.98 Å². The van der Waals surface area contributed by atoms with E-state index in [-0.39, 0.29) is 5.91 Å². The second kappa shape index (κ2) is 7.51. The van der Waals surface area contributed by atoms with Crippen LogP contribution in [0.25, 0.3) is 5.13 Å². The van der Waals surface area contributed by atoms with Crippen LogP contribution in [0.2, 0.25) is 5.02 Å². The molecule has 0 unspecified atom stereocenters. The molecule has 1 aliphatic rings. The fourth-order valence-electron chi connectivity index (χ4n) is 3.09.